The van der Waals surface area contributed by atoms with Crippen molar-refractivity contribution in [1.82, 2.24) is 5.32 Å². The number of carbonyl (C=O) groups is 1. The number of amides is 1. The zero-order chi connectivity index (χ0) is 13.4. The molecule has 0 aliphatic rings. The summed E-state index contributed by atoms with van der Waals surface area (Å²) < 4.78 is 5.40. The number of nitrogens with one attached hydrogen (secondary N) is 1. The lowest BCUT2D eigenvalue weighted by Crippen LogP contribution is -2.37. The molecule has 4 nitrogen and oxygen atoms in total. The van der Waals surface area contributed by atoms with E-state index in [1.165, 1.54) is 0 Å². The molecule has 0 radical (unpaired) electrons. The van der Waals surface area contributed by atoms with Gasteiger partial charge in [0.25, 0.3) is 5.91 Å². The van der Waals surface area contributed by atoms with E-state index in [0.717, 1.165) is 18.4 Å². The maximum Gasteiger partial charge on any atom is 0.258 e. The Morgan fingerprint density at radius 1 is 1.28 bits per heavy atom. The molecule has 3 N–H and O–H groups in total. The molecule has 0 aromatic heterocycles. The Bertz CT molecular complexity index is 359. The maximum absolute atomic E-state index is 11.6. The van der Waals surface area contributed by atoms with E-state index in [1.807, 2.05) is 24.3 Å². The maximum atomic E-state index is 11.6. The molecule has 0 saturated carbocycles. The van der Waals surface area contributed by atoms with Gasteiger partial charge in [0.2, 0.25) is 0 Å². The van der Waals surface area contributed by atoms with Crippen molar-refractivity contribution in [3.05, 3.63) is 29.8 Å². The second-order valence-electron chi connectivity index (χ2n) is 4.22. The van der Waals surface area contributed by atoms with Crippen molar-refractivity contribution < 1.29 is 9.53 Å². The predicted octanol–water partition coefficient (Wildman–Crippen LogP) is 1.83. The Hall–Kier alpha value is -1.55. The van der Waals surface area contributed by atoms with Crippen LogP contribution in [0.2, 0.25) is 0 Å². The van der Waals surface area contributed by atoms with Crippen LogP contribution >= 0.6 is 0 Å². The first kappa shape index (κ1) is 14.5. The fourth-order valence-electron chi connectivity index (χ4n) is 1.63. The van der Waals surface area contributed by atoms with Crippen LogP contribution in [0, 0.1) is 0 Å². The molecule has 0 atom stereocenters. The fourth-order valence-corrected chi connectivity index (χ4v) is 1.63. The number of nitrogens with two attached hydrogens (primary N) is 1. The second-order valence-corrected chi connectivity index (χ2v) is 4.22. The van der Waals surface area contributed by atoms with Crippen LogP contribution in [-0.4, -0.2) is 18.6 Å². The highest BCUT2D eigenvalue weighted by atomic mass is 16.5. The average molecular weight is 250 g/mol. The SMILES string of the molecule is CCC(CC)NC(=O)COc1ccc(CN)cc1. The van der Waals surface area contributed by atoms with Gasteiger partial charge >= 0.3 is 0 Å². The van der Waals surface area contributed by atoms with Crippen LogP contribution in [0.1, 0.15) is 32.3 Å². The number of hydrogen-bond acceptors (Lipinski definition) is 3. The Balaban J connectivity index is 2.37. The molecule has 0 aliphatic carbocycles. The van der Waals surface area contributed by atoms with E-state index in [2.05, 4.69) is 19.2 Å². The zero-order valence-electron chi connectivity index (χ0n) is 11.1. The van der Waals surface area contributed by atoms with Crippen LogP contribution in [0.5, 0.6) is 5.75 Å². The lowest BCUT2D eigenvalue weighted by atomic mass is 10.2. The van der Waals surface area contributed by atoms with Crippen LogP contribution in [0.15, 0.2) is 24.3 Å². The molecule has 0 unspecified atom stereocenters. The van der Waals surface area contributed by atoms with Gasteiger partial charge in [-0.05, 0) is 30.5 Å². The quantitative estimate of drug-likeness (QED) is 0.776. The highest BCUT2D eigenvalue weighted by Crippen LogP contribution is 2.11. The number of rotatable bonds is 7. The van der Waals surface area contributed by atoms with E-state index in [4.69, 9.17) is 10.5 Å². The largest absolute Gasteiger partial charge is 0.484 e. The smallest absolute Gasteiger partial charge is 0.258 e. The normalized spacial score (nSPS) is 10.4. The van der Waals surface area contributed by atoms with Gasteiger partial charge in [-0.2, -0.15) is 0 Å². The van der Waals surface area contributed by atoms with Crippen molar-refractivity contribution in [3.63, 3.8) is 0 Å². The fraction of sp³-hybridized carbons (Fsp3) is 0.500. The molecule has 1 amide bonds. The van der Waals surface area contributed by atoms with E-state index in [-0.39, 0.29) is 18.6 Å². The summed E-state index contributed by atoms with van der Waals surface area (Å²) in [6.45, 7) is 4.68. The molecule has 0 fully saturated rings. The van der Waals surface area contributed by atoms with Gasteiger partial charge in [0.1, 0.15) is 5.75 Å². The topological polar surface area (TPSA) is 64.3 Å². The third-order valence-corrected chi connectivity index (χ3v) is 2.88. The standard InChI is InChI=1S/C14H22N2O2/c1-3-12(4-2)16-14(17)10-18-13-7-5-11(9-15)6-8-13/h5-8,12H,3-4,9-10,15H2,1-2H3,(H,16,17). The molecular formula is C14H22N2O2. The van der Waals surface area contributed by atoms with Crippen molar-refractivity contribution in [2.45, 2.75) is 39.3 Å². The first-order chi connectivity index (χ1) is 8.69. The summed E-state index contributed by atoms with van der Waals surface area (Å²) in [5.74, 6) is 0.610. The summed E-state index contributed by atoms with van der Waals surface area (Å²) in [4.78, 5) is 11.6. The average Bonchev–Trinajstić information content (AvgIpc) is 2.43. The summed E-state index contributed by atoms with van der Waals surface area (Å²) in [6.07, 6.45) is 1.88. The minimum absolute atomic E-state index is 0.0540. The van der Waals surface area contributed by atoms with Crippen molar-refractivity contribution >= 4 is 5.91 Å². The minimum Gasteiger partial charge on any atom is -0.484 e. The summed E-state index contributed by atoms with van der Waals surface area (Å²) in [5, 5.41) is 2.93. The third-order valence-electron chi connectivity index (χ3n) is 2.88. The van der Waals surface area contributed by atoms with Crippen molar-refractivity contribution in [2.24, 2.45) is 5.73 Å². The van der Waals surface area contributed by atoms with Crippen molar-refractivity contribution in [2.75, 3.05) is 6.61 Å². The molecule has 100 valence electrons. The Labute approximate surface area is 109 Å². The molecule has 18 heavy (non-hydrogen) atoms. The van der Waals surface area contributed by atoms with Gasteiger partial charge in [-0.3, -0.25) is 4.79 Å². The van der Waals surface area contributed by atoms with E-state index in [0.29, 0.717) is 12.3 Å². The highest BCUT2D eigenvalue weighted by Gasteiger charge is 2.08. The van der Waals surface area contributed by atoms with Gasteiger partial charge in [-0.1, -0.05) is 26.0 Å². The monoisotopic (exact) mass is 250 g/mol. The summed E-state index contributed by atoms with van der Waals surface area (Å²) in [7, 11) is 0. The van der Waals surface area contributed by atoms with Gasteiger partial charge < -0.3 is 15.8 Å². The van der Waals surface area contributed by atoms with E-state index in [9.17, 15) is 4.79 Å². The zero-order valence-corrected chi connectivity index (χ0v) is 11.1. The molecular weight excluding hydrogens is 228 g/mol. The van der Waals surface area contributed by atoms with Crippen molar-refractivity contribution in [3.8, 4) is 5.75 Å². The number of ether oxygens (including phenoxy) is 1. The Morgan fingerprint density at radius 2 is 1.89 bits per heavy atom. The third kappa shape index (κ3) is 4.75. The van der Waals surface area contributed by atoms with Crippen LogP contribution in [-0.2, 0) is 11.3 Å². The van der Waals surface area contributed by atoms with E-state index >= 15 is 0 Å². The van der Waals surface area contributed by atoms with Crippen LogP contribution in [0.25, 0.3) is 0 Å². The van der Waals surface area contributed by atoms with Gasteiger partial charge in [0.15, 0.2) is 6.61 Å². The summed E-state index contributed by atoms with van der Waals surface area (Å²) in [6, 6.07) is 7.68. The molecule has 0 heterocycles. The first-order valence-corrected chi connectivity index (χ1v) is 6.40. The predicted molar refractivity (Wildman–Crippen MR) is 72.3 cm³/mol. The van der Waals surface area contributed by atoms with Gasteiger partial charge in [0.05, 0.1) is 0 Å². The molecule has 4 heteroatoms. The Kier molecular flexibility index (Phi) is 6.22. The molecule has 1 rings (SSSR count). The molecule has 1 aromatic rings. The number of hydrogen-bond donors (Lipinski definition) is 2. The van der Waals surface area contributed by atoms with Crippen LogP contribution in [0.4, 0.5) is 0 Å². The summed E-state index contributed by atoms with van der Waals surface area (Å²) in [5.41, 5.74) is 6.55. The van der Waals surface area contributed by atoms with Gasteiger partial charge in [-0.25, -0.2) is 0 Å². The molecule has 0 saturated heterocycles. The second kappa shape index (κ2) is 7.71. The minimum atomic E-state index is -0.0772. The molecule has 0 bridgehead atoms. The van der Waals surface area contributed by atoms with E-state index < -0.39 is 0 Å². The van der Waals surface area contributed by atoms with Crippen LogP contribution < -0.4 is 15.8 Å². The first-order valence-electron chi connectivity index (χ1n) is 6.40. The number of benzene rings is 1. The molecule has 0 aliphatic heterocycles. The summed E-state index contributed by atoms with van der Waals surface area (Å²) >= 11 is 0. The highest BCUT2D eigenvalue weighted by molar-refractivity contribution is 5.77. The Morgan fingerprint density at radius 3 is 2.39 bits per heavy atom. The van der Waals surface area contributed by atoms with Crippen molar-refractivity contribution in [1.29, 1.82) is 0 Å². The number of carbonyl (C=O) groups excluding carboxylic acids is 1. The molecule has 0 spiro atoms. The van der Waals surface area contributed by atoms with Crippen LogP contribution in [0.3, 0.4) is 0 Å². The lowest BCUT2D eigenvalue weighted by molar-refractivity contribution is -0.123. The molecule has 1 aromatic carbocycles. The van der Waals surface area contributed by atoms with Gasteiger partial charge in [-0.15, -0.1) is 0 Å². The van der Waals surface area contributed by atoms with Gasteiger partial charge in [0, 0.05) is 12.6 Å². The van der Waals surface area contributed by atoms with E-state index in [1.54, 1.807) is 0 Å². The lowest BCUT2D eigenvalue weighted by Gasteiger charge is -2.15.